The van der Waals surface area contributed by atoms with Gasteiger partial charge in [-0.15, -0.1) is 5.10 Å². The lowest BCUT2D eigenvalue weighted by atomic mass is 9.92. The monoisotopic (exact) mass is 309 g/mol. The van der Waals surface area contributed by atoms with Gasteiger partial charge in [0.05, 0.1) is 11.2 Å². The van der Waals surface area contributed by atoms with Crippen LogP contribution >= 0.6 is 0 Å². The molecule has 0 spiro atoms. The highest BCUT2D eigenvalue weighted by Gasteiger charge is 2.19. The molecule has 4 N–H and O–H groups in total. The van der Waals surface area contributed by atoms with Crippen molar-refractivity contribution < 1.29 is 0 Å². The number of nitrogens with zero attached hydrogens (tertiary/aromatic N) is 4. The molecule has 0 aliphatic heterocycles. The van der Waals surface area contributed by atoms with Gasteiger partial charge in [0.1, 0.15) is 5.52 Å². The summed E-state index contributed by atoms with van der Waals surface area (Å²) in [6.07, 6.45) is 6.00. The molecule has 7 heteroatoms. The lowest BCUT2D eigenvalue weighted by molar-refractivity contribution is 0.410. The van der Waals surface area contributed by atoms with Gasteiger partial charge in [-0.3, -0.25) is 5.10 Å². The average Bonchev–Trinajstić information content (AvgIpc) is 3.06. The number of aromatic nitrogens is 5. The minimum Gasteiger partial charge on any atom is -0.351 e. The fourth-order valence-electron chi connectivity index (χ4n) is 3.10. The number of rotatable bonds is 3. The van der Waals surface area contributed by atoms with Crippen LogP contribution in [0.3, 0.4) is 0 Å². The first kappa shape index (κ1) is 14.1. The molecule has 0 saturated heterocycles. The van der Waals surface area contributed by atoms with Crippen molar-refractivity contribution in [2.24, 2.45) is 5.73 Å². The minimum absolute atomic E-state index is 0.338. The van der Waals surface area contributed by atoms with Crippen molar-refractivity contribution >= 4 is 17.0 Å². The average molecular weight is 309 g/mol. The smallest absolute Gasteiger partial charge is 0.223 e. The topological polar surface area (TPSA) is 105 Å². The summed E-state index contributed by atoms with van der Waals surface area (Å²) in [4.78, 5) is 9.00. The first-order valence-corrected chi connectivity index (χ1v) is 7.95. The normalized spacial score (nSPS) is 21.4. The van der Waals surface area contributed by atoms with Gasteiger partial charge in [0.15, 0.2) is 0 Å². The molecule has 2 heterocycles. The van der Waals surface area contributed by atoms with Crippen molar-refractivity contribution in [3.8, 4) is 11.3 Å². The quantitative estimate of drug-likeness (QED) is 0.684. The second-order valence-electron chi connectivity index (χ2n) is 6.04. The molecule has 0 radical (unpaired) electrons. The van der Waals surface area contributed by atoms with E-state index in [1.165, 1.54) is 0 Å². The number of nitrogens with one attached hydrogen (secondary N) is 2. The number of H-pyrrole nitrogens is 1. The van der Waals surface area contributed by atoms with Crippen molar-refractivity contribution in [2.45, 2.75) is 37.8 Å². The molecule has 1 saturated carbocycles. The Balaban J connectivity index is 1.60. The molecule has 118 valence electrons. The summed E-state index contributed by atoms with van der Waals surface area (Å²) in [5.41, 5.74) is 9.47. The Morgan fingerprint density at radius 2 is 2.00 bits per heavy atom. The number of benzene rings is 1. The van der Waals surface area contributed by atoms with E-state index in [9.17, 15) is 0 Å². The molecule has 0 bridgehead atoms. The first-order chi connectivity index (χ1) is 11.3. The summed E-state index contributed by atoms with van der Waals surface area (Å²) in [5, 5.41) is 14.3. The zero-order valence-corrected chi connectivity index (χ0v) is 12.7. The van der Waals surface area contributed by atoms with E-state index < -0.39 is 0 Å². The Kier molecular flexibility index (Phi) is 3.63. The summed E-state index contributed by atoms with van der Waals surface area (Å²) in [6.45, 7) is 0. The van der Waals surface area contributed by atoms with Gasteiger partial charge in [-0.2, -0.15) is 0 Å². The molecule has 4 rings (SSSR count). The van der Waals surface area contributed by atoms with Crippen LogP contribution in [0.2, 0.25) is 0 Å². The number of hydrogen-bond donors (Lipinski definition) is 3. The van der Waals surface area contributed by atoms with Gasteiger partial charge in [0.25, 0.3) is 0 Å². The number of fused-ring (bicyclic) bond motifs is 1. The zero-order valence-electron chi connectivity index (χ0n) is 12.7. The van der Waals surface area contributed by atoms with E-state index in [-0.39, 0.29) is 0 Å². The molecule has 1 aliphatic carbocycles. The van der Waals surface area contributed by atoms with Crippen LogP contribution in [0.1, 0.15) is 25.7 Å². The zero-order chi connectivity index (χ0) is 15.6. The van der Waals surface area contributed by atoms with E-state index in [0.29, 0.717) is 18.0 Å². The Morgan fingerprint density at radius 3 is 2.87 bits per heavy atom. The first-order valence-electron chi connectivity index (χ1n) is 7.95. The van der Waals surface area contributed by atoms with E-state index in [4.69, 9.17) is 5.73 Å². The van der Waals surface area contributed by atoms with Crippen LogP contribution in [0.4, 0.5) is 5.95 Å². The van der Waals surface area contributed by atoms with Gasteiger partial charge in [-0.25, -0.2) is 9.97 Å². The van der Waals surface area contributed by atoms with E-state index in [1.807, 2.05) is 24.3 Å². The summed E-state index contributed by atoms with van der Waals surface area (Å²) in [7, 11) is 0. The van der Waals surface area contributed by atoms with Gasteiger partial charge >= 0.3 is 0 Å². The Labute approximate surface area is 133 Å². The number of aromatic amines is 1. The second kappa shape index (κ2) is 5.92. The highest BCUT2D eigenvalue weighted by Crippen LogP contribution is 2.25. The Bertz CT molecular complexity index is 805. The predicted octanol–water partition coefficient (Wildman–Crippen LogP) is 2.10. The van der Waals surface area contributed by atoms with Gasteiger partial charge in [0.2, 0.25) is 5.95 Å². The van der Waals surface area contributed by atoms with Crippen LogP contribution in [0.15, 0.2) is 30.5 Å². The number of anilines is 1. The van der Waals surface area contributed by atoms with E-state index >= 15 is 0 Å². The van der Waals surface area contributed by atoms with Crippen LogP contribution in [0.5, 0.6) is 0 Å². The fraction of sp³-hybridized carbons (Fsp3) is 0.375. The molecule has 0 amide bonds. The second-order valence-corrected chi connectivity index (χ2v) is 6.04. The van der Waals surface area contributed by atoms with Crippen LogP contribution in [0.25, 0.3) is 22.3 Å². The third-order valence-electron chi connectivity index (χ3n) is 4.39. The molecule has 0 atom stereocenters. The van der Waals surface area contributed by atoms with Crippen LogP contribution in [-0.4, -0.2) is 37.5 Å². The summed E-state index contributed by atoms with van der Waals surface area (Å²) < 4.78 is 0. The standard InChI is InChI=1S/C16H19N7/c17-10-4-6-11(7-5-10)19-16-18-9-8-13(20-16)12-2-1-3-14-15(12)22-23-21-14/h1-3,8-11H,4-7,17H2,(H,18,19,20)(H,21,22,23)/t10-,11-. The van der Waals surface area contributed by atoms with E-state index in [2.05, 4.69) is 30.7 Å². The lowest BCUT2D eigenvalue weighted by Crippen LogP contribution is -2.33. The van der Waals surface area contributed by atoms with Crippen molar-refractivity contribution in [3.05, 3.63) is 30.5 Å². The minimum atomic E-state index is 0.338. The fourth-order valence-corrected chi connectivity index (χ4v) is 3.10. The Morgan fingerprint density at radius 1 is 1.13 bits per heavy atom. The van der Waals surface area contributed by atoms with Gasteiger partial charge in [-0.05, 0) is 37.8 Å². The molecule has 1 aromatic carbocycles. The SMILES string of the molecule is N[C@H]1CC[C@H](Nc2nccc(-c3cccc4[nH]nnc34)n2)CC1. The van der Waals surface area contributed by atoms with Gasteiger partial charge in [-0.1, -0.05) is 17.3 Å². The Hall–Kier alpha value is -2.54. The third kappa shape index (κ3) is 2.87. The molecule has 1 aliphatic rings. The maximum Gasteiger partial charge on any atom is 0.223 e. The lowest BCUT2D eigenvalue weighted by Gasteiger charge is -2.26. The van der Waals surface area contributed by atoms with Crippen LogP contribution < -0.4 is 11.1 Å². The van der Waals surface area contributed by atoms with Crippen LogP contribution in [0, 0.1) is 0 Å². The van der Waals surface area contributed by atoms with Gasteiger partial charge in [0, 0.05) is 23.8 Å². The summed E-state index contributed by atoms with van der Waals surface area (Å²) in [5.74, 6) is 0.656. The third-order valence-corrected chi connectivity index (χ3v) is 4.39. The maximum atomic E-state index is 5.96. The highest BCUT2D eigenvalue weighted by atomic mass is 15.3. The molecule has 23 heavy (non-hydrogen) atoms. The number of hydrogen-bond acceptors (Lipinski definition) is 6. The molecule has 0 unspecified atom stereocenters. The molecular formula is C16H19N7. The largest absolute Gasteiger partial charge is 0.351 e. The van der Waals surface area contributed by atoms with E-state index in [1.54, 1.807) is 6.20 Å². The summed E-state index contributed by atoms with van der Waals surface area (Å²) >= 11 is 0. The predicted molar refractivity (Wildman–Crippen MR) is 88.8 cm³/mol. The van der Waals surface area contributed by atoms with Crippen molar-refractivity contribution in [2.75, 3.05) is 5.32 Å². The van der Waals surface area contributed by atoms with Crippen LogP contribution in [-0.2, 0) is 0 Å². The van der Waals surface area contributed by atoms with E-state index in [0.717, 1.165) is 48.0 Å². The van der Waals surface area contributed by atoms with Crippen molar-refractivity contribution in [1.29, 1.82) is 0 Å². The summed E-state index contributed by atoms with van der Waals surface area (Å²) in [6, 6.07) is 8.54. The molecule has 3 aromatic rings. The highest BCUT2D eigenvalue weighted by molar-refractivity contribution is 5.90. The molecule has 7 nitrogen and oxygen atoms in total. The molecular weight excluding hydrogens is 290 g/mol. The number of nitrogens with two attached hydrogens (primary N) is 1. The van der Waals surface area contributed by atoms with Crippen molar-refractivity contribution in [3.63, 3.8) is 0 Å². The molecule has 2 aromatic heterocycles. The maximum absolute atomic E-state index is 5.96. The molecule has 1 fully saturated rings. The van der Waals surface area contributed by atoms with Crippen molar-refractivity contribution in [1.82, 2.24) is 25.4 Å². The van der Waals surface area contributed by atoms with Gasteiger partial charge < -0.3 is 11.1 Å².